The van der Waals surface area contributed by atoms with Gasteiger partial charge in [0, 0.05) is 13.6 Å². The molecule has 3 rings (SSSR count). The molecule has 0 atom stereocenters. The molecule has 148 valence electrons. The number of carbonyl (C=O) groups excluding carboxylic acids is 1. The molecule has 0 spiro atoms. The summed E-state index contributed by atoms with van der Waals surface area (Å²) in [4.78, 5) is 31.8. The molecule has 2 heterocycles. The van der Waals surface area contributed by atoms with E-state index in [9.17, 15) is 14.0 Å². The minimum absolute atomic E-state index is 0.0139. The maximum absolute atomic E-state index is 13.7. The zero-order valence-electron chi connectivity index (χ0n) is 16.1. The number of hydrogen-bond acceptors (Lipinski definition) is 5. The largest absolute Gasteiger partial charge is 0.345 e. The predicted octanol–water partition coefficient (Wildman–Crippen LogP) is 4.25. The van der Waals surface area contributed by atoms with Gasteiger partial charge in [0.25, 0.3) is 5.56 Å². The molecule has 2 aromatic heterocycles. The first kappa shape index (κ1) is 20.5. The van der Waals surface area contributed by atoms with Gasteiger partial charge in [-0.15, -0.1) is 11.3 Å². The van der Waals surface area contributed by atoms with E-state index in [1.54, 1.807) is 37.1 Å². The number of aromatic nitrogens is 2. The quantitative estimate of drug-likeness (QED) is 0.424. The predicted molar refractivity (Wildman–Crippen MR) is 113 cm³/mol. The van der Waals surface area contributed by atoms with Crippen molar-refractivity contribution in [1.82, 2.24) is 14.5 Å². The van der Waals surface area contributed by atoms with Gasteiger partial charge in [0.2, 0.25) is 5.91 Å². The smallest absolute Gasteiger partial charge is 0.276 e. The third kappa shape index (κ3) is 4.28. The molecule has 28 heavy (non-hydrogen) atoms. The van der Waals surface area contributed by atoms with Crippen LogP contribution in [0, 0.1) is 12.7 Å². The van der Waals surface area contributed by atoms with Crippen LogP contribution in [0.1, 0.15) is 25.3 Å². The van der Waals surface area contributed by atoms with Crippen LogP contribution in [0.2, 0.25) is 0 Å². The number of fused-ring (bicyclic) bond motifs is 1. The van der Waals surface area contributed by atoms with Crippen LogP contribution in [0.15, 0.2) is 39.6 Å². The first-order valence-corrected chi connectivity index (χ1v) is 10.9. The van der Waals surface area contributed by atoms with Crippen LogP contribution >= 0.6 is 23.1 Å². The summed E-state index contributed by atoms with van der Waals surface area (Å²) in [5, 5.41) is 2.25. The Morgan fingerprint density at radius 3 is 2.86 bits per heavy atom. The highest BCUT2D eigenvalue weighted by Crippen LogP contribution is 2.24. The summed E-state index contributed by atoms with van der Waals surface area (Å²) < 4.78 is 15.7. The minimum atomic E-state index is -0.330. The molecule has 5 nitrogen and oxygen atoms in total. The first-order chi connectivity index (χ1) is 13.4. The molecule has 0 radical (unpaired) electrons. The summed E-state index contributed by atoms with van der Waals surface area (Å²) in [5.74, 6) is -0.161. The zero-order chi connectivity index (χ0) is 20.3. The lowest BCUT2D eigenvalue weighted by molar-refractivity contribution is -0.127. The minimum Gasteiger partial charge on any atom is -0.345 e. The highest BCUT2D eigenvalue weighted by Gasteiger charge is 2.17. The molecule has 8 heteroatoms. The van der Waals surface area contributed by atoms with Gasteiger partial charge in [-0.25, -0.2) is 9.37 Å². The number of thiophene rings is 1. The average Bonchev–Trinajstić information content (AvgIpc) is 3.15. The number of amides is 1. The van der Waals surface area contributed by atoms with E-state index in [0.717, 1.165) is 12.8 Å². The Bertz CT molecular complexity index is 1060. The van der Waals surface area contributed by atoms with Gasteiger partial charge in [-0.05, 0) is 48.6 Å². The van der Waals surface area contributed by atoms with Gasteiger partial charge in [-0.3, -0.25) is 14.2 Å². The molecule has 1 aromatic carbocycles. The first-order valence-electron chi connectivity index (χ1n) is 9.06. The molecule has 0 aliphatic rings. The van der Waals surface area contributed by atoms with Gasteiger partial charge in [-0.2, -0.15) is 0 Å². The van der Waals surface area contributed by atoms with Gasteiger partial charge in [0.05, 0.1) is 17.0 Å². The Morgan fingerprint density at radius 1 is 1.36 bits per heavy atom. The van der Waals surface area contributed by atoms with Crippen molar-refractivity contribution in [1.29, 1.82) is 0 Å². The normalized spacial score (nSPS) is 11.1. The number of carbonyl (C=O) groups is 1. The number of thioether (sulfide) groups is 1. The topological polar surface area (TPSA) is 55.2 Å². The monoisotopic (exact) mass is 419 g/mol. The van der Waals surface area contributed by atoms with E-state index in [1.807, 2.05) is 5.38 Å². The molecule has 3 aromatic rings. The Labute approximate surface area is 171 Å². The van der Waals surface area contributed by atoms with Crippen molar-refractivity contribution in [2.24, 2.45) is 0 Å². The summed E-state index contributed by atoms with van der Waals surface area (Å²) in [7, 11) is 1.78. The fourth-order valence-corrected chi connectivity index (χ4v) is 4.45. The second-order valence-corrected chi connectivity index (χ2v) is 8.42. The zero-order valence-corrected chi connectivity index (χ0v) is 17.7. The molecule has 1 amide bonds. The molecule has 0 saturated heterocycles. The third-order valence-corrected chi connectivity index (χ3v) is 6.26. The lowest BCUT2D eigenvalue weighted by atomic mass is 10.2. The van der Waals surface area contributed by atoms with Crippen molar-refractivity contribution < 1.29 is 9.18 Å². The van der Waals surface area contributed by atoms with Gasteiger partial charge in [-0.1, -0.05) is 25.1 Å². The van der Waals surface area contributed by atoms with E-state index >= 15 is 0 Å². The summed E-state index contributed by atoms with van der Waals surface area (Å²) >= 11 is 2.55. The molecule has 0 saturated carbocycles. The number of unbranched alkanes of at least 4 members (excludes halogenated alkanes) is 1. The molecule has 0 aliphatic carbocycles. The third-order valence-electron chi connectivity index (χ3n) is 4.45. The van der Waals surface area contributed by atoms with Crippen LogP contribution < -0.4 is 5.56 Å². The van der Waals surface area contributed by atoms with Crippen LogP contribution in [0.25, 0.3) is 15.9 Å². The molecule has 0 bridgehead atoms. The number of rotatable bonds is 7. The summed E-state index contributed by atoms with van der Waals surface area (Å²) in [6.07, 6.45) is 1.97. The molecular weight excluding hydrogens is 397 g/mol. The van der Waals surface area contributed by atoms with E-state index in [1.165, 1.54) is 33.7 Å². The van der Waals surface area contributed by atoms with Crippen molar-refractivity contribution in [3.63, 3.8) is 0 Å². The number of halogens is 1. The summed E-state index contributed by atoms with van der Waals surface area (Å²) in [6.45, 7) is 4.44. The number of nitrogens with zero attached hydrogens (tertiary/aromatic N) is 3. The Kier molecular flexibility index (Phi) is 6.51. The van der Waals surface area contributed by atoms with Crippen molar-refractivity contribution in [2.45, 2.75) is 31.8 Å². The highest BCUT2D eigenvalue weighted by molar-refractivity contribution is 7.99. The summed E-state index contributed by atoms with van der Waals surface area (Å²) in [5.41, 5.74) is 1.39. The lowest BCUT2D eigenvalue weighted by Crippen LogP contribution is -2.29. The fraction of sp³-hybridized carbons (Fsp3) is 0.350. The molecular formula is C20H22FN3O2S2. The van der Waals surface area contributed by atoms with Gasteiger partial charge < -0.3 is 4.90 Å². The molecule has 0 fully saturated rings. The van der Waals surface area contributed by atoms with Crippen molar-refractivity contribution in [3.8, 4) is 5.69 Å². The van der Waals surface area contributed by atoms with Crippen LogP contribution in [0.4, 0.5) is 4.39 Å². The molecule has 0 N–H and O–H groups in total. The van der Waals surface area contributed by atoms with Gasteiger partial charge in [0.15, 0.2) is 5.16 Å². The van der Waals surface area contributed by atoms with E-state index in [4.69, 9.17) is 0 Å². The standard InChI is InChI=1S/C20H22FN3O2S2/c1-4-5-9-23(3)17(25)12-28-20-22-16-8-10-27-18(16)19(26)24(20)14-6-7-15(21)13(2)11-14/h6-8,10-11H,4-5,9,12H2,1-3H3. The summed E-state index contributed by atoms with van der Waals surface area (Å²) in [6, 6.07) is 6.32. The van der Waals surface area contributed by atoms with Gasteiger partial charge in [0.1, 0.15) is 10.5 Å². The highest BCUT2D eigenvalue weighted by atomic mass is 32.2. The van der Waals surface area contributed by atoms with E-state index in [2.05, 4.69) is 11.9 Å². The van der Waals surface area contributed by atoms with Crippen LogP contribution in [-0.4, -0.2) is 39.7 Å². The molecule has 0 aliphatic heterocycles. The number of hydrogen-bond donors (Lipinski definition) is 0. The number of benzene rings is 1. The second-order valence-electron chi connectivity index (χ2n) is 6.56. The maximum Gasteiger partial charge on any atom is 0.276 e. The Morgan fingerprint density at radius 2 is 2.14 bits per heavy atom. The average molecular weight is 420 g/mol. The van der Waals surface area contributed by atoms with Crippen LogP contribution in [-0.2, 0) is 4.79 Å². The van der Waals surface area contributed by atoms with Crippen LogP contribution in [0.3, 0.4) is 0 Å². The lowest BCUT2D eigenvalue weighted by Gasteiger charge is -2.17. The molecule has 0 unspecified atom stereocenters. The van der Waals surface area contributed by atoms with E-state index in [0.29, 0.717) is 33.2 Å². The Balaban J connectivity index is 1.98. The van der Waals surface area contributed by atoms with Gasteiger partial charge >= 0.3 is 0 Å². The van der Waals surface area contributed by atoms with Crippen molar-refractivity contribution in [2.75, 3.05) is 19.3 Å². The maximum atomic E-state index is 13.7. The van der Waals surface area contributed by atoms with E-state index in [-0.39, 0.29) is 23.0 Å². The SMILES string of the molecule is CCCCN(C)C(=O)CSc1nc2ccsc2c(=O)n1-c1ccc(F)c(C)c1. The van der Waals surface area contributed by atoms with Crippen molar-refractivity contribution >= 4 is 39.2 Å². The second kappa shape index (κ2) is 8.87. The van der Waals surface area contributed by atoms with E-state index < -0.39 is 0 Å². The number of aryl methyl sites for hydroxylation is 1. The van der Waals surface area contributed by atoms with Crippen molar-refractivity contribution in [3.05, 3.63) is 51.4 Å². The van der Waals surface area contributed by atoms with Crippen LogP contribution in [0.5, 0.6) is 0 Å². The fourth-order valence-electron chi connectivity index (χ4n) is 2.74. The Hall–Kier alpha value is -2.19.